The van der Waals surface area contributed by atoms with Crippen LogP contribution in [0.25, 0.3) is 0 Å². The molecule has 1 aliphatic rings. The highest BCUT2D eigenvalue weighted by Crippen LogP contribution is 2.21. The lowest BCUT2D eigenvalue weighted by molar-refractivity contribution is -0.136. The van der Waals surface area contributed by atoms with E-state index in [1.807, 2.05) is 0 Å². The molecule has 0 bridgehead atoms. The molecular weight excluding hydrogens is 260 g/mol. The zero-order valence-electron chi connectivity index (χ0n) is 14.3. The van der Waals surface area contributed by atoms with Crippen LogP contribution >= 0.6 is 0 Å². The minimum Gasteiger partial charge on any atom is -0.340 e. The Morgan fingerprint density at radius 2 is 1.43 bits per heavy atom. The molecule has 1 heterocycles. The zero-order chi connectivity index (χ0) is 15.3. The minimum atomic E-state index is 0.289. The number of nitrogens with zero attached hydrogens (tertiary/aromatic N) is 1. The first-order chi connectivity index (χ1) is 10.3. The lowest BCUT2D eigenvalue weighted by Crippen LogP contribution is -2.48. The number of hydrogen-bond acceptors (Lipinski definition) is 2. The maximum absolute atomic E-state index is 12.7. The Morgan fingerprint density at radius 3 is 1.90 bits per heavy atom. The maximum Gasteiger partial charge on any atom is 0.225 e. The highest BCUT2D eigenvalue weighted by atomic mass is 16.2. The second-order valence-corrected chi connectivity index (χ2v) is 6.47. The third kappa shape index (κ3) is 7.85. The van der Waals surface area contributed by atoms with E-state index in [-0.39, 0.29) is 5.92 Å². The number of unbranched alkanes of at least 4 members (excludes halogenated alkanes) is 6. The molecule has 0 unspecified atom stereocenters. The highest BCUT2D eigenvalue weighted by molar-refractivity contribution is 5.78. The van der Waals surface area contributed by atoms with E-state index in [1.54, 1.807) is 0 Å². The largest absolute Gasteiger partial charge is 0.340 e. The summed E-state index contributed by atoms with van der Waals surface area (Å²) in [6.07, 6.45) is 12.4. The van der Waals surface area contributed by atoms with E-state index in [0.717, 1.165) is 39.0 Å². The normalized spacial score (nSPS) is 15.7. The van der Waals surface area contributed by atoms with Gasteiger partial charge in [0.2, 0.25) is 5.91 Å². The van der Waals surface area contributed by atoms with Crippen LogP contribution in [0.1, 0.15) is 78.1 Å². The molecule has 0 aromatic heterocycles. The Bertz CT molecular complexity index is 250. The number of nitrogens with one attached hydrogen (secondary N) is 1. The molecule has 1 rings (SSSR count). The molecule has 0 aromatic rings. The first-order valence-electron chi connectivity index (χ1n) is 9.29. The fourth-order valence-electron chi connectivity index (χ4n) is 3.17. The van der Waals surface area contributed by atoms with Gasteiger partial charge >= 0.3 is 0 Å². The summed E-state index contributed by atoms with van der Waals surface area (Å²) < 4.78 is 0. The fraction of sp³-hybridized carbons (Fsp3) is 0.944. The third-order valence-corrected chi connectivity index (χ3v) is 4.59. The van der Waals surface area contributed by atoms with Crippen molar-refractivity contribution in [2.24, 2.45) is 5.92 Å². The molecule has 21 heavy (non-hydrogen) atoms. The Kier molecular flexibility index (Phi) is 10.6. The number of amides is 1. The fourth-order valence-corrected chi connectivity index (χ4v) is 3.17. The molecule has 1 N–H and O–H groups in total. The summed E-state index contributed by atoms with van der Waals surface area (Å²) in [5.74, 6) is 0.723. The lowest BCUT2D eigenvalue weighted by Gasteiger charge is -2.31. The van der Waals surface area contributed by atoms with Crippen molar-refractivity contribution in [3.63, 3.8) is 0 Å². The van der Waals surface area contributed by atoms with Crippen LogP contribution in [-0.2, 0) is 4.79 Å². The van der Waals surface area contributed by atoms with Gasteiger partial charge in [0.1, 0.15) is 0 Å². The summed E-state index contributed by atoms with van der Waals surface area (Å²) in [6.45, 7) is 8.22. The summed E-state index contributed by atoms with van der Waals surface area (Å²) in [6, 6.07) is 0. The van der Waals surface area contributed by atoms with E-state index in [9.17, 15) is 4.79 Å². The molecule has 0 atom stereocenters. The first-order valence-corrected chi connectivity index (χ1v) is 9.29. The number of carbonyl (C=O) groups is 1. The van der Waals surface area contributed by atoms with E-state index in [0.29, 0.717) is 5.91 Å². The molecule has 0 aromatic carbocycles. The minimum absolute atomic E-state index is 0.289. The highest BCUT2D eigenvalue weighted by Gasteiger charge is 2.24. The van der Waals surface area contributed by atoms with Crippen molar-refractivity contribution in [2.45, 2.75) is 78.1 Å². The van der Waals surface area contributed by atoms with Crippen molar-refractivity contribution in [3.05, 3.63) is 0 Å². The molecular formula is C18H36N2O. The van der Waals surface area contributed by atoms with E-state index in [4.69, 9.17) is 0 Å². The van der Waals surface area contributed by atoms with Crippen LogP contribution in [0.2, 0.25) is 0 Å². The zero-order valence-corrected chi connectivity index (χ0v) is 14.3. The second-order valence-electron chi connectivity index (χ2n) is 6.47. The van der Waals surface area contributed by atoms with E-state index < -0.39 is 0 Å². The van der Waals surface area contributed by atoms with Gasteiger partial charge in [-0.1, -0.05) is 65.2 Å². The average Bonchev–Trinajstić information content (AvgIpc) is 2.53. The van der Waals surface area contributed by atoms with E-state index in [2.05, 4.69) is 24.1 Å². The average molecular weight is 296 g/mol. The Hall–Kier alpha value is -0.570. The van der Waals surface area contributed by atoms with Gasteiger partial charge in [-0.15, -0.1) is 0 Å². The van der Waals surface area contributed by atoms with Gasteiger partial charge in [-0.25, -0.2) is 0 Å². The quantitative estimate of drug-likeness (QED) is 0.585. The van der Waals surface area contributed by atoms with Crippen LogP contribution in [0, 0.1) is 5.92 Å². The second kappa shape index (κ2) is 12.0. The molecule has 1 fully saturated rings. The Balaban J connectivity index is 2.38. The number of hydrogen-bond donors (Lipinski definition) is 1. The standard InChI is InChI=1S/C18H36N2O/c1-3-5-7-9-11-17(12-10-8-6-4-2)18(21)20-15-13-19-14-16-20/h17,19H,3-16H2,1-2H3. The van der Waals surface area contributed by atoms with Crippen molar-refractivity contribution in [2.75, 3.05) is 26.2 Å². The topological polar surface area (TPSA) is 32.3 Å². The van der Waals surface area contributed by atoms with Gasteiger partial charge < -0.3 is 10.2 Å². The maximum atomic E-state index is 12.7. The van der Waals surface area contributed by atoms with Gasteiger partial charge in [0.25, 0.3) is 0 Å². The molecule has 1 saturated heterocycles. The summed E-state index contributed by atoms with van der Waals surface area (Å²) >= 11 is 0. The van der Waals surface area contributed by atoms with Crippen LogP contribution in [0.5, 0.6) is 0 Å². The predicted molar refractivity (Wildman–Crippen MR) is 90.5 cm³/mol. The summed E-state index contributed by atoms with van der Waals surface area (Å²) in [5.41, 5.74) is 0. The van der Waals surface area contributed by atoms with E-state index >= 15 is 0 Å². The van der Waals surface area contributed by atoms with Gasteiger partial charge in [-0.2, -0.15) is 0 Å². The van der Waals surface area contributed by atoms with Gasteiger partial charge in [0, 0.05) is 32.1 Å². The summed E-state index contributed by atoms with van der Waals surface area (Å²) in [4.78, 5) is 14.8. The third-order valence-electron chi connectivity index (χ3n) is 4.59. The molecule has 1 aliphatic heterocycles. The molecule has 0 spiro atoms. The molecule has 0 radical (unpaired) electrons. The monoisotopic (exact) mass is 296 g/mol. The van der Waals surface area contributed by atoms with Crippen molar-refractivity contribution < 1.29 is 4.79 Å². The summed E-state index contributed by atoms with van der Waals surface area (Å²) in [5, 5.41) is 3.33. The Morgan fingerprint density at radius 1 is 0.905 bits per heavy atom. The molecule has 3 heteroatoms. The number of piperazine rings is 1. The van der Waals surface area contributed by atoms with Gasteiger partial charge in [0.15, 0.2) is 0 Å². The van der Waals surface area contributed by atoms with Crippen molar-refractivity contribution in [1.29, 1.82) is 0 Å². The molecule has 124 valence electrons. The molecule has 0 aliphatic carbocycles. The van der Waals surface area contributed by atoms with Gasteiger partial charge in [0.05, 0.1) is 0 Å². The van der Waals surface area contributed by atoms with Gasteiger partial charge in [-0.05, 0) is 12.8 Å². The van der Waals surface area contributed by atoms with Crippen LogP contribution in [-0.4, -0.2) is 37.0 Å². The number of carbonyl (C=O) groups excluding carboxylic acids is 1. The number of rotatable bonds is 11. The van der Waals surface area contributed by atoms with Crippen LogP contribution in [0.4, 0.5) is 0 Å². The van der Waals surface area contributed by atoms with Crippen LogP contribution < -0.4 is 5.32 Å². The van der Waals surface area contributed by atoms with Crippen LogP contribution in [0.3, 0.4) is 0 Å². The molecule has 0 saturated carbocycles. The van der Waals surface area contributed by atoms with E-state index in [1.165, 1.54) is 51.4 Å². The summed E-state index contributed by atoms with van der Waals surface area (Å²) in [7, 11) is 0. The predicted octanol–water partition coefficient (Wildman–Crippen LogP) is 3.98. The lowest BCUT2D eigenvalue weighted by atomic mass is 9.93. The Labute approximate surface area is 131 Å². The SMILES string of the molecule is CCCCCCC(CCCCCC)C(=O)N1CCNCC1. The van der Waals surface area contributed by atoms with Crippen molar-refractivity contribution in [3.8, 4) is 0 Å². The molecule has 3 nitrogen and oxygen atoms in total. The van der Waals surface area contributed by atoms with Gasteiger partial charge in [-0.3, -0.25) is 4.79 Å². The van der Waals surface area contributed by atoms with Crippen molar-refractivity contribution in [1.82, 2.24) is 10.2 Å². The smallest absolute Gasteiger partial charge is 0.225 e. The van der Waals surface area contributed by atoms with Crippen LogP contribution in [0.15, 0.2) is 0 Å². The first kappa shape index (κ1) is 18.5. The molecule has 1 amide bonds. The van der Waals surface area contributed by atoms with Crippen molar-refractivity contribution >= 4 is 5.91 Å².